The first kappa shape index (κ1) is 27.8. The molecule has 0 aliphatic heterocycles. The number of fused-ring (bicyclic) bond motifs is 8. The molecule has 3 aromatic heterocycles. The number of rotatable bonds is 4. The molecular weight excluding hydrogens is 615 g/mol. The molecule has 0 fully saturated rings. The smallest absolute Gasteiger partial charge is 0.160 e. The van der Waals surface area contributed by atoms with E-state index >= 15 is 0 Å². The standard InChI is InChI=1S/C45H27N3S/c1-3-12-29(13-4-1)39-27-40(32-21-23-35-31(25-32)20-19-28-11-7-8-16-34(28)35)48-45(47-39)33-22-24-41-37(26-33)42-43(30-14-5-2-6-15-30)46-38-18-10-9-17-36(38)44(42)49-41/h1-27H. The second-order valence-corrected chi connectivity index (χ2v) is 13.5. The Morgan fingerprint density at radius 1 is 0.388 bits per heavy atom. The van der Waals surface area contributed by atoms with E-state index in [-0.39, 0.29) is 0 Å². The van der Waals surface area contributed by atoms with Crippen molar-refractivity contribution in [1.29, 1.82) is 0 Å². The lowest BCUT2D eigenvalue weighted by Gasteiger charge is -2.11. The Hall–Kier alpha value is -6.23. The van der Waals surface area contributed by atoms with Crippen LogP contribution in [-0.2, 0) is 0 Å². The lowest BCUT2D eigenvalue weighted by atomic mass is 9.98. The van der Waals surface area contributed by atoms with Crippen LogP contribution in [-0.4, -0.2) is 15.0 Å². The van der Waals surface area contributed by atoms with Gasteiger partial charge < -0.3 is 0 Å². The van der Waals surface area contributed by atoms with Gasteiger partial charge in [0.25, 0.3) is 0 Å². The molecule has 10 rings (SSSR count). The summed E-state index contributed by atoms with van der Waals surface area (Å²) in [5.41, 5.74) is 8.01. The average Bonchev–Trinajstić information content (AvgIpc) is 3.57. The van der Waals surface area contributed by atoms with Gasteiger partial charge >= 0.3 is 0 Å². The van der Waals surface area contributed by atoms with Crippen molar-refractivity contribution in [3.63, 3.8) is 0 Å². The number of para-hydroxylation sites is 1. The molecule has 0 aliphatic rings. The van der Waals surface area contributed by atoms with Crippen LogP contribution in [0, 0.1) is 0 Å². The van der Waals surface area contributed by atoms with E-state index in [4.69, 9.17) is 15.0 Å². The first-order valence-corrected chi connectivity index (χ1v) is 17.3. The van der Waals surface area contributed by atoms with Crippen molar-refractivity contribution in [3.05, 3.63) is 164 Å². The van der Waals surface area contributed by atoms with Gasteiger partial charge in [0.1, 0.15) is 0 Å². The van der Waals surface area contributed by atoms with E-state index in [9.17, 15) is 0 Å². The van der Waals surface area contributed by atoms with Crippen molar-refractivity contribution < 1.29 is 0 Å². The maximum Gasteiger partial charge on any atom is 0.160 e. The predicted octanol–water partition coefficient (Wildman–Crippen LogP) is 12.4. The normalized spacial score (nSPS) is 11.7. The average molecular weight is 642 g/mol. The van der Waals surface area contributed by atoms with E-state index in [0.29, 0.717) is 5.82 Å². The summed E-state index contributed by atoms with van der Waals surface area (Å²) >= 11 is 1.82. The summed E-state index contributed by atoms with van der Waals surface area (Å²) < 4.78 is 2.47. The Kier molecular flexibility index (Phi) is 6.36. The summed E-state index contributed by atoms with van der Waals surface area (Å²) in [5, 5.41) is 8.45. The van der Waals surface area contributed by atoms with Gasteiger partial charge in [-0.25, -0.2) is 15.0 Å². The molecule has 0 unspecified atom stereocenters. The zero-order valence-electron chi connectivity index (χ0n) is 26.3. The molecule has 10 aromatic rings. The van der Waals surface area contributed by atoms with Crippen LogP contribution in [0.5, 0.6) is 0 Å². The molecule has 3 heterocycles. The third-order valence-electron chi connectivity index (χ3n) is 9.45. The van der Waals surface area contributed by atoms with Crippen molar-refractivity contribution in [2.24, 2.45) is 0 Å². The Bertz CT molecular complexity index is 2880. The van der Waals surface area contributed by atoms with Gasteiger partial charge in [-0.2, -0.15) is 0 Å². The first-order chi connectivity index (χ1) is 24.3. The monoisotopic (exact) mass is 641 g/mol. The number of pyridine rings is 1. The van der Waals surface area contributed by atoms with Gasteiger partial charge in [0, 0.05) is 47.8 Å². The predicted molar refractivity (Wildman–Crippen MR) is 207 cm³/mol. The summed E-state index contributed by atoms with van der Waals surface area (Å²) in [4.78, 5) is 15.7. The van der Waals surface area contributed by atoms with E-state index in [1.54, 1.807) is 0 Å². The molecule has 7 aromatic carbocycles. The van der Waals surface area contributed by atoms with E-state index in [0.717, 1.165) is 44.9 Å². The van der Waals surface area contributed by atoms with E-state index < -0.39 is 0 Å². The molecule has 49 heavy (non-hydrogen) atoms. The van der Waals surface area contributed by atoms with Crippen LogP contribution < -0.4 is 0 Å². The number of nitrogens with zero attached hydrogens (tertiary/aromatic N) is 3. The molecule has 228 valence electrons. The Balaban J connectivity index is 1.20. The van der Waals surface area contributed by atoms with Crippen LogP contribution in [0.3, 0.4) is 0 Å². The molecule has 0 saturated heterocycles. The van der Waals surface area contributed by atoms with Crippen molar-refractivity contribution in [3.8, 4) is 45.2 Å². The maximum absolute atomic E-state index is 5.25. The van der Waals surface area contributed by atoms with Crippen LogP contribution in [0.2, 0.25) is 0 Å². The highest BCUT2D eigenvalue weighted by Crippen LogP contribution is 2.44. The lowest BCUT2D eigenvalue weighted by Crippen LogP contribution is -1.96. The van der Waals surface area contributed by atoms with Gasteiger partial charge in [-0.15, -0.1) is 11.3 Å². The Morgan fingerprint density at radius 2 is 1.04 bits per heavy atom. The molecule has 0 saturated carbocycles. The highest BCUT2D eigenvalue weighted by atomic mass is 32.1. The van der Waals surface area contributed by atoms with Crippen molar-refractivity contribution >= 4 is 64.0 Å². The van der Waals surface area contributed by atoms with Crippen LogP contribution in [0.15, 0.2) is 164 Å². The van der Waals surface area contributed by atoms with Crippen LogP contribution in [0.25, 0.3) is 97.8 Å². The first-order valence-electron chi connectivity index (χ1n) is 16.4. The lowest BCUT2D eigenvalue weighted by molar-refractivity contribution is 1.19. The van der Waals surface area contributed by atoms with Gasteiger partial charge in [-0.05, 0) is 57.9 Å². The van der Waals surface area contributed by atoms with Crippen molar-refractivity contribution in [2.45, 2.75) is 0 Å². The topological polar surface area (TPSA) is 38.7 Å². The molecule has 0 spiro atoms. The summed E-state index contributed by atoms with van der Waals surface area (Å²) in [6, 6.07) is 57.7. The van der Waals surface area contributed by atoms with E-state index in [2.05, 4.69) is 158 Å². The summed E-state index contributed by atoms with van der Waals surface area (Å²) in [5.74, 6) is 0.700. The minimum atomic E-state index is 0.700. The zero-order valence-corrected chi connectivity index (χ0v) is 27.2. The largest absolute Gasteiger partial charge is 0.247 e. The van der Waals surface area contributed by atoms with Crippen LogP contribution >= 0.6 is 11.3 Å². The molecule has 3 nitrogen and oxygen atoms in total. The third kappa shape index (κ3) is 4.68. The van der Waals surface area contributed by atoms with Gasteiger partial charge in [0.15, 0.2) is 5.82 Å². The summed E-state index contributed by atoms with van der Waals surface area (Å²) in [6.45, 7) is 0. The molecule has 0 atom stereocenters. The van der Waals surface area contributed by atoms with Crippen molar-refractivity contribution in [2.75, 3.05) is 0 Å². The number of hydrogen-bond donors (Lipinski definition) is 0. The number of thiophene rings is 1. The molecule has 0 aliphatic carbocycles. The zero-order chi connectivity index (χ0) is 32.3. The minimum Gasteiger partial charge on any atom is -0.247 e. The van der Waals surface area contributed by atoms with Crippen molar-refractivity contribution in [1.82, 2.24) is 15.0 Å². The Labute approximate surface area is 286 Å². The second kappa shape index (κ2) is 11.2. The molecule has 0 radical (unpaired) electrons. The number of benzene rings is 7. The second-order valence-electron chi connectivity index (χ2n) is 12.4. The fourth-order valence-corrected chi connectivity index (χ4v) is 8.28. The number of hydrogen-bond acceptors (Lipinski definition) is 4. The van der Waals surface area contributed by atoms with Gasteiger partial charge in [-0.1, -0.05) is 127 Å². The van der Waals surface area contributed by atoms with Gasteiger partial charge in [0.2, 0.25) is 0 Å². The molecule has 4 heteroatoms. The molecule has 0 bridgehead atoms. The third-order valence-corrected chi connectivity index (χ3v) is 10.7. The fraction of sp³-hybridized carbons (Fsp3) is 0. The SMILES string of the molecule is c1ccc(-c2cc(-c3ccc4c(ccc5ccccc54)c3)nc(-c3ccc4sc5c6ccccc6nc(-c6ccccc6)c5c4c3)n2)cc1. The number of aromatic nitrogens is 3. The maximum atomic E-state index is 5.25. The van der Waals surface area contributed by atoms with Crippen LogP contribution in [0.1, 0.15) is 0 Å². The minimum absolute atomic E-state index is 0.700. The molecule has 0 amide bonds. The van der Waals surface area contributed by atoms with E-state index in [1.165, 1.54) is 47.1 Å². The quantitative estimate of drug-likeness (QED) is 0.180. The summed E-state index contributed by atoms with van der Waals surface area (Å²) in [6.07, 6.45) is 0. The highest BCUT2D eigenvalue weighted by Gasteiger charge is 2.18. The summed E-state index contributed by atoms with van der Waals surface area (Å²) in [7, 11) is 0. The van der Waals surface area contributed by atoms with Gasteiger partial charge in [-0.3, -0.25) is 0 Å². The van der Waals surface area contributed by atoms with Crippen LogP contribution in [0.4, 0.5) is 0 Å². The Morgan fingerprint density at radius 3 is 1.88 bits per heavy atom. The molecular formula is C45H27N3S. The highest BCUT2D eigenvalue weighted by molar-refractivity contribution is 7.26. The van der Waals surface area contributed by atoms with E-state index in [1.807, 2.05) is 17.4 Å². The molecule has 0 N–H and O–H groups in total. The van der Waals surface area contributed by atoms with Gasteiger partial charge in [0.05, 0.1) is 22.6 Å². The fourth-order valence-electron chi connectivity index (χ4n) is 7.06.